The topological polar surface area (TPSA) is 3.24 Å². The molecule has 55 heavy (non-hydrogen) atoms. The Kier molecular flexibility index (Phi) is 7.19. The second-order valence-corrected chi connectivity index (χ2v) is 13.8. The monoisotopic (exact) mass is 703 g/mol. The van der Waals surface area contributed by atoms with Gasteiger partial charge >= 0.3 is 0 Å². The first kappa shape index (κ1) is 28.3. The highest BCUT2D eigenvalue weighted by Gasteiger charge is 2.18. The van der Waals surface area contributed by atoms with Crippen molar-refractivity contribution >= 4 is 49.4 Å². The van der Waals surface area contributed by atoms with Crippen LogP contribution in [0.2, 0.25) is 0 Å². The quantitative estimate of drug-likeness (QED) is 0.149. The Bertz CT molecular complexity index is 3180. The molecule has 1 nitrogen and oxygen atoms in total. The minimum atomic E-state index is -0.121. The average Bonchev–Trinajstić information content (AvgIpc) is 3.30. The zero-order valence-electron chi connectivity index (χ0n) is 34.0. The molecule has 0 aliphatic carbocycles. The summed E-state index contributed by atoms with van der Waals surface area (Å²) in [5, 5.41) is 6.56. The molecule has 0 heterocycles. The van der Waals surface area contributed by atoms with Crippen LogP contribution in [0.25, 0.3) is 76.8 Å². The first-order valence-corrected chi connectivity index (χ1v) is 18.6. The lowest BCUT2D eigenvalue weighted by Gasteiger charge is -2.28. The van der Waals surface area contributed by atoms with Crippen molar-refractivity contribution < 1.29 is 5.48 Å². The van der Waals surface area contributed by atoms with E-state index in [0.717, 1.165) is 77.1 Å². The lowest BCUT2D eigenvalue weighted by molar-refractivity contribution is 1.28. The van der Waals surface area contributed by atoms with Gasteiger partial charge in [0.1, 0.15) is 0 Å². The summed E-state index contributed by atoms with van der Waals surface area (Å²) >= 11 is 0. The molecule has 0 unspecified atom stereocenters. The highest BCUT2D eigenvalue weighted by molar-refractivity contribution is 6.08. The van der Waals surface area contributed by atoms with Gasteiger partial charge in [-0.3, -0.25) is 0 Å². The summed E-state index contributed by atoms with van der Waals surface area (Å²) in [7, 11) is 0. The van der Waals surface area contributed by atoms with E-state index in [1.165, 1.54) is 0 Å². The molecule has 0 N–H and O–H groups in total. The van der Waals surface area contributed by atoms with Crippen LogP contribution in [0.3, 0.4) is 0 Å². The first-order chi connectivity index (χ1) is 28.9. The number of rotatable bonds is 7. The standard InChI is InChI=1S/C54H37N/c1-2-12-38(13-3-1)39-24-26-43(27-25-39)53-21-8-9-23-54(53)55(48-18-10-17-45(37-48)51-22-11-16-41-14-4-6-19-49(41)51)47-33-30-40(31-34-47)44-32-35-52-46(36-44)29-28-42-15-5-7-20-50(42)52/h1-37H/i30D,31D,33D,34D. The van der Waals surface area contributed by atoms with Crippen molar-refractivity contribution in [2.75, 3.05) is 4.90 Å². The number of para-hydroxylation sites is 1. The van der Waals surface area contributed by atoms with E-state index in [1.54, 1.807) is 0 Å². The second-order valence-electron chi connectivity index (χ2n) is 13.8. The molecule has 0 bridgehead atoms. The first-order valence-electron chi connectivity index (χ1n) is 20.6. The molecular weight excluding hydrogens is 663 g/mol. The van der Waals surface area contributed by atoms with Crippen LogP contribution in [-0.2, 0) is 0 Å². The van der Waals surface area contributed by atoms with Crippen LogP contribution in [0, 0.1) is 0 Å². The Morgan fingerprint density at radius 1 is 0.291 bits per heavy atom. The van der Waals surface area contributed by atoms with Gasteiger partial charge in [0.25, 0.3) is 0 Å². The van der Waals surface area contributed by atoms with Gasteiger partial charge in [0.2, 0.25) is 0 Å². The van der Waals surface area contributed by atoms with Crippen molar-refractivity contribution in [1.82, 2.24) is 0 Å². The minimum absolute atomic E-state index is 0.0963. The predicted molar refractivity (Wildman–Crippen MR) is 235 cm³/mol. The molecule has 0 radical (unpaired) electrons. The van der Waals surface area contributed by atoms with Gasteiger partial charge in [-0.15, -0.1) is 0 Å². The van der Waals surface area contributed by atoms with Crippen molar-refractivity contribution in [1.29, 1.82) is 0 Å². The lowest BCUT2D eigenvalue weighted by atomic mass is 9.96. The van der Waals surface area contributed by atoms with Crippen molar-refractivity contribution in [3.8, 4) is 44.5 Å². The average molecular weight is 704 g/mol. The third-order valence-corrected chi connectivity index (χ3v) is 10.5. The van der Waals surface area contributed by atoms with E-state index in [1.807, 2.05) is 95.9 Å². The van der Waals surface area contributed by atoms with E-state index in [9.17, 15) is 5.48 Å². The number of fused-ring (bicyclic) bond motifs is 4. The molecule has 10 aromatic rings. The smallest absolute Gasteiger partial charge is 0.0645 e. The molecule has 0 spiro atoms. The van der Waals surface area contributed by atoms with E-state index >= 15 is 0 Å². The van der Waals surface area contributed by atoms with E-state index in [0.29, 0.717) is 5.56 Å². The van der Waals surface area contributed by atoms with E-state index < -0.39 is 0 Å². The molecule has 10 rings (SSSR count). The maximum atomic E-state index is 9.71. The highest BCUT2D eigenvalue weighted by Crippen LogP contribution is 2.43. The van der Waals surface area contributed by atoms with Crippen LogP contribution >= 0.6 is 0 Å². The molecule has 0 fully saturated rings. The number of anilines is 3. The fraction of sp³-hybridized carbons (Fsp3) is 0. The SMILES string of the molecule is [2H]c1c([2H])c(N(c2cccc(-c3cccc4ccccc34)c2)c2ccccc2-c2ccc(-c3ccccc3)cc2)c([2H])c([2H])c1-c1ccc2c(ccc3ccccc32)c1. The Hall–Kier alpha value is -7.22. The van der Waals surface area contributed by atoms with Crippen molar-refractivity contribution in [2.24, 2.45) is 0 Å². The van der Waals surface area contributed by atoms with Gasteiger partial charge in [-0.05, 0) is 108 Å². The van der Waals surface area contributed by atoms with Gasteiger partial charge in [0, 0.05) is 16.9 Å². The number of hydrogen-bond acceptors (Lipinski definition) is 1. The number of nitrogens with zero attached hydrogens (tertiary/aromatic N) is 1. The van der Waals surface area contributed by atoms with Crippen LogP contribution < -0.4 is 4.90 Å². The minimum Gasteiger partial charge on any atom is -0.310 e. The van der Waals surface area contributed by atoms with Gasteiger partial charge in [-0.25, -0.2) is 0 Å². The molecule has 0 saturated heterocycles. The molecule has 258 valence electrons. The fourth-order valence-electron chi connectivity index (χ4n) is 7.79. The molecule has 0 aliphatic rings. The summed E-state index contributed by atoms with van der Waals surface area (Å²) in [6, 6.07) is 67.3. The second kappa shape index (κ2) is 14.0. The zero-order chi connectivity index (χ0) is 40.0. The third kappa shape index (κ3) is 6.12. The Morgan fingerprint density at radius 3 is 1.69 bits per heavy atom. The fourth-order valence-corrected chi connectivity index (χ4v) is 7.79. The van der Waals surface area contributed by atoms with Crippen molar-refractivity contribution in [2.45, 2.75) is 0 Å². The van der Waals surface area contributed by atoms with Crippen LogP contribution in [0.4, 0.5) is 17.1 Å². The van der Waals surface area contributed by atoms with E-state index in [4.69, 9.17) is 0 Å². The summed E-state index contributed by atoms with van der Waals surface area (Å²) in [5.74, 6) is 0. The third-order valence-electron chi connectivity index (χ3n) is 10.5. The maximum absolute atomic E-state index is 9.71. The highest BCUT2D eigenvalue weighted by atomic mass is 15.1. The van der Waals surface area contributed by atoms with Crippen molar-refractivity contribution in [3.05, 3.63) is 224 Å². The Labute approximate surface area is 327 Å². The Balaban J connectivity index is 1.17. The molecule has 0 aromatic heterocycles. The largest absolute Gasteiger partial charge is 0.310 e. The predicted octanol–water partition coefficient (Wildman–Crippen LogP) is 15.3. The normalized spacial score (nSPS) is 12.3. The summed E-state index contributed by atoms with van der Waals surface area (Å²) < 4.78 is 38.5. The van der Waals surface area contributed by atoms with Crippen molar-refractivity contribution in [3.63, 3.8) is 0 Å². The molecule has 0 saturated carbocycles. The van der Waals surface area contributed by atoms with Crippen LogP contribution in [0.1, 0.15) is 5.48 Å². The van der Waals surface area contributed by atoms with Gasteiger partial charge < -0.3 is 4.90 Å². The summed E-state index contributed by atoms with van der Waals surface area (Å²) in [6.45, 7) is 0. The molecule has 0 aliphatic heterocycles. The molecule has 10 aromatic carbocycles. The van der Waals surface area contributed by atoms with Gasteiger partial charge in [0.15, 0.2) is 0 Å². The number of benzene rings is 10. The summed E-state index contributed by atoms with van der Waals surface area (Å²) in [5.41, 5.74) is 8.67. The molecular formula is C54H37N. The van der Waals surface area contributed by atoms with Gasteiger partial charge in [-0.1, -0.05) is 188 Å². The van der Waals surface area contributed by atoms with Crippen LogP contribution in [-0.4, -0.2) is 0 Å². The van der Waals surface area contributed by atoms with Gasteiger partial charge in [0.05, 0.1) is 11.2 Å². The van der Waals surface area contributed by atoms with Crippen LogP contribution in [0.5, 0.6) is 0 Å². The maximum Gasteiger partial charge on any atom is 0.0645 e. The summed E-state index contributed by atoms with van der Waals surface area (Å²) in [6.07, 6.45) is 0. The van der Waals surface area contributed by atoms with Crippen LogP contribution in [0.15, 0.2) is 224 Å². The molecule has 0 amide bonds. The number of hydrogen-bond donors (Lipinski definition) is 0. The molecule has 1 heteroatoms. The summed E-state index contributed by atoms with van der Waals surface area (Å²) in [4.78, 5) is 1.91. The Morgan fingerprint density at radius 2 is 0.855 bits per heavy atom. The molecule has 0 atom stereocenters. The zero-order valence-corrected chi connectivity index (χ0v) is 30.0. The van der Waals surface area contributed by atoms with Gasteiger partial charge in [-0.2, -0.15) is 0 Å². The lowest BCUT2D eigenvalue weighted by Crippen LogP contribution is -2.11. The van der Waals surface area contributed by atoms with E-state index in [-0.39, 0.29) is 35.4 Å². The van der Waals surface area contributed by atoms with E-state index in [2.05, 4.69) is 109 Å².